The van der Waals surface area contributed by atoms with E-state index >= 15 is 0 Å². The number of fused-ring (bicyclic) bond motifs is 1. The van der Waals surface area contributed by atoms with Crippen molar-refractivity contribution in [2.24, 2.45) is 0 Å². The molecule has 0 radical (unpaired) electrons. The fourth-order valence-electron chi connectivity index (χ4n) is 1.72. The van der Waals surface area contributed by atoms with Crippen LogP contribution in [-0.2, 0) is 4.74 Å². The minimum atomic E-state index is -0.494. The number of hydrogen-bond acceptors (Lipinski definition) is 2. The van der Waals surface area contributed by atoms with Crippen LogP contribution in [0.25, 0.3) is 10.8 Å². The van der Waals surface area contributed by atoms with Crippen LogP contribution in [0, 0.1) is 0 Å². The van der Waals surface area contributed by atoms with Gasteiger partial charge in [-0.2, -0.15) is 0 Å². The summed E-state index contributed by atoms with van der Waals surface area (Å²) in [6.45, 7) is 9.51. The molecule has 4 heteroatoms. The van der Waals surface area contributed by atoms with Gasteiger partial charge in [0.1, 0.15) is 5.60 Å². The Hall–Kier alpha value is -1.55. The first kappa shape index (κ1) is 17.5. The van der Waals surface area contributed by atoms with Crippen molar-refractivity contribution < 1.29 is 9.53 Å². The molecule has 1 amide bonds. The highest BCUT2D eigenvalue weighted by molar-refractivity contribution is 9.10. The van der Waals surface area contributed by atoms with Crippen LogP contribution in [0.4, 0.5) is 10.5 Å². The quantitative estimate of drug-likeness (QED) is 0.686. The molecule has 3 nitrogen and oxygen atoms in total. The third kappa shape index (κ3) is 5.76. The van der Waals surface area contributed by atoms with Crippen molar-refractivity contribution in [3.8, 4) is 0 Å². The number of nitrogens with one attached hydrogen (secondary N) is 1. The van der Waals surface area contributed by atoms with E-state index in [0.29, 0.717) is 0 Å². The van der Waals surface area contributed by atoms with Crippen molar-refractivity contribution in [2.45, 2.75) is 40.2 Å². The molecule has 114 valence electrons. The van der Waals surface area contributed by atoms with E-state index < -0.39 is 11.7 Å². The van der Waals surface area contributed by atoms with Gasteiger partial charge in [-0.3, -0.25) is 5.32 Å². The predicted molar refractivity (Wildman–Crippen MR) is 92.9 cm³/mol. The Kier molecular flexibility index (Phi) is 6.21. The Balaban J connectivity index is 0.00000106. The van der Waals surface area contributed by atoms with Crippen LogP contribution in [0.3, 0.4) is 0 Å². The first-order valence-electron chi connectivity index (χ1n) is 7.03. The Morgan fingerprint density at radius 1 is 1.05 bits per heavy atom. The zero-order chi connectivity index (χ0) is 16.0. The number of rotatable bonds is 1. The molecule has 0 bridgehead atoms. The van der Waals surface area contributed by atoms with E-state index in [-0.39, 0.29) is 0 Å². The van der Waals surface area contributed by atoms with E-state index in [4.69, 9.17) is 4.74 Å². The summed E-state index contributed by atoms with van der Waals surface area (Å²) in [5.74, 6) is 0. The summed E-state index contributed by atoms with van der Waals surface area (Å²) >= 11 is 3.43. The second-order valence-corrected chi connectivity index (χ2v) is 6.25. The molecule has 0 aliphatic heterocycles. The molecular formula is C17H22BrNO2. The third-order valence-electron chi connectivity index (χ3n) is 2.45. The van der Waals surface area contributed by atoms with Crippen molar-refractivity contribution in [1.29, 1.82) is 0 Å². The molecule has 2 aromatic rings. The Morgan fingerprint density at radius 2 is 1.62 bits per heavy atom. The van der Waals surface area contributed by atoms with Crippen LogP contribution < -0.4 is 5.32 Å². The van der Waals surface area contributed by atoms with Gasteiger partial charge in [0.2, 0.25) is 0 Å². The highest BCUT2D eigenvalue weighted by atomic mass is 79.9. The first-order chi connectivity index (χ1) is 9.83. The van der Waals surface area contributed by atoms with Crippen LogP contribution >= 0.6 is 15.9 Å². The smallest absolute Gasteiger partial charge is 0.412 e. The van der Waals surface area contributed by atoms with Gasteiger partial charge in [0.15, 0.2) is 0 Å². The number of carbonyl (C=O) groups excluding carboxylic acids is 1. The summed E-state index contributed by atoms with van der Waals surface area (Å²) in [7, 11) is 0. The van der Waals surface area contributed by atoms with Crippen molar-refractivity contribution >= 4 is 38.5 Å². The molecule has 0 saturated carbocycles. The molecule has 0 spiro atoms. The van der Waals surface area contributed by atoms with E-state index in [2.05, 4.69) is 21.2 Å². The lowest BCUT2D eigenvalue weighted by Crippen LogP contribution is -2.27. The maximum absolute atomic E-state index is 11.7. The van der Waals surface area contributed by atoms with Crippen molar-refractivity contribution in [1.82, 2.24) is 0 Å². The summed E-state index contributed by atoms with van der Waals surface area (Å²) in [5.41, 5.74) is 0.232. The highest BCUT2D eigenvalue weighted by Crippen LogP contribution is 2.23. The van der Waals surface area contributed by atoms with Gasteiger partial charge in [-0.15, -0.1) is 0 Å². The topological polar surface area (TPSA) is 38.3 Å². The predicted octanol–water partition coefficient (Wildman–Crippen LogP) is 5.98. The monoisotopic (exact) mass is 351 g/mol. The minimum Gasteiger partial charge on any atom is -0.444 e. The number of carbonyl (C=O) groups is 1. The molecular weight excluding hydrogens is 330 g/mol. The Labute approximate surface area is 134 Å². The van der Waals surface area contributed by atoms with E-state index in [0.717, 1.165) is 20.9 Å². The summed E-state index contributed by atoms with van der Waals surface area (Å²) in [4.78, 5) is 11.7. The summed E-state index contributed by atoms with van der Waals surface area (Å²) in [5, 5.41) is 4.91. The number of benzene rings is 2. The van der Waals surface area contributed by atoms with Gasteiger partial charge < -0.3 is 4.74 Å². The zero-order valence-corrected chi connectivity index (χ0v) is 14.7. The minimum absolute atomic E-state index is 0.441. The van der Waals surface area contributed by atoms with Crippen LogP contribution in [0.2, 0.25) is 0 Å². The van der Waals surface area contributed by atoms with E-state index in [9.17, 15) is 4.79 Å². The van der Waals surface area contributed by atoms with Gasteiger partial charge in [0, 0.05) is 10.2 Å². The number of amides is 1. The molecule has 0 heterocycles. The van der Waals surface area contributed by atoms with Crippen LogP contribution in [0.5, 0.6) is 0 Å². The molecule has 2 rings (SSSR count). The fourth-order valence-corrected chi connectivity index (χ4v) is 2.09. The van der Waals surface area contributed by atoms with Crippen molar-refractivity contribution in [3.63, 3.8) is 0 Å². The molecule has 2 aromatic carbocycles. The Morgan fingerprint density at radius 3 is 2.24 bits per heavy atom. The lowest BCUT2D eigenvalue weighted by molar-refractivity contribution is 0.0636. The summed E-state index contributed by atoms with van der Waals surface area (Å²) < 4.78 is 6.25. The van der Waals surface area contributed by atoms with Crippen LogP contribution in [0.1, 0.15) is 34.6 Å². The lowest BCUT2D eigenvalue weighted by atomic mass is 10.1. The molecule has 0 fully saturated rings. The van der Waals surface area contributed by atoms with Gasteiger partial charge in [0.25, 0.3) is 0 Å². The molecule has 0 unspecified atom stereocenters. The van der Waals surface area contributed by atoms with Crippen molar-refractivity contribution in [3.05, 3.63) is 40.9 Å². The van der Waals surface area contributed by atoms with E-state index in [1.807, 2.05) is 71.0 Å². The molecule has 21 heavy (non-hydrogen) atoms. The third-order valence-corrected chi connectivity index (χ3v) is 2.94. The Bertz CT molecular complexity index is 618. The lowest BCUT2D eigenvalue weighted by Gasteiger charge is -2.19. The summed E-state index contributed by atoms with van der Waals surface area (Å²) in [6, 6.07) is 11.8. The maximum atomic E-state index is 11.7. The molecule has 0 aliphatic rings. The van der Waals surface area contributed by atoms with Gasteiger partial charge in [-0.25, -0.2) is 4.79 Å². The zero-order valence-electron chi connectivity index (χ0n) is 13.2. The number of anilines is 1. The number of ether oxygens (including phenoxy) is 1. The molecule has 1 N–H and O–H groups in total. The van der Waals surface area contributed by atoms with Gasteiger partial charge in [0.05, 0.1) is 0 Å². The van der Waals surface area contributed by atoms with Crippen LogP contribution in [0.15, 0.2) is 40.9 Å². The van der Waals surface area contributed by atoms with Crippen LogP contribution in [-0.4, -0.2) is 11.7 Å². The number of hydrogen-bond donors (Lipinski definition) is 1. The SMILES string of the molecule is CC.CC(C)(C)OC(=O)Nc1ccc2cc(Br)ccc2c1. The number of halogens is 1. The second-order valence-electron chi connectivity index (χ2n) is 5.33. The standard InChI is InChI=1S/C15H16BrNO2.C2H6/c1-15(2,3)19-14(18)17-13-7-5-10-8-12(16)6-4-11(10)9-13;1-2/h4-9H,1-3H3,(H,17,18);1-2H3. The normalized spacial score (nSPS) is 10.6. The van der Waals surface area contributed by atoms with Gasteiger partial charge in [-0.1, -0.05) is 41.9 Å². The first-order valence-corrected chi connectivity index (χ1v) is 7.82. The average Bonchev–Trinajstić information content (AvgIpc) is 2.39. The highest BCUT2D eigenvalue weighted by Gasteiger charge is 2.16. The molecule has 0 atom stereocenters. The summed E-state index contributed by atoms with van der Waals surface area (Å²) in [6.07, 6.45) is -0.441. The van der Waals surface area contributed by atoms with E-state index in [1.165, 1.54) is 0 Å². The van der Waals surface area contributed by atoms with Crippen molar-refractivity contribution in [2.75, 3.05) is 5.32 Å². The molecule has 0 aliphatic carbocycles. The van der Waals surface area contributed by atoms with Gasteiger partial charge >= 0.3 is 6.09 Å². The maximum Gasteiger partial charge on any atom is 0.412 e. The molecule has 0 aromatic heterocycles. The molecule has 0 saturated heterocycles. The van der Waals surface area contributed by atoms with E-state index in [1.54, 1.807) is 0 Å². The second kappa shape index (κ2) is 7.46. The van der Waals surface area contributed by atoms with Gasteiger partial charge in [-0.05, 0) is 55.8 Å². The fraction of sp³-hybridized carbons (Fsp3) is 0.353. The largest absolute Gasteiger partial charge is 0.444 e. The average molecular weight is 352 g/mol.